The maximum Gasteiger partial charge on any atom is 0.255 e. The number of hydrogen-bond donors (Lipinski definition) is 1. The largest absolute Gasteiger partial charge is 0.369 e. The first-order valence-corrected chi connectivity index (χ1v) is 7.94. The Morgan fingerprint density at radius 3 is 2.62 bits per heavy atom. The number of rotatable bonds is 5. The normalized spacial score (nSPS) is 16.0. The molecule has 1 N–H and O–H groups in total. The summed E-state index contributed by atoms with van der Waals surface area (Å²) in [5, 5.41) is 3.65. The van der Waals surface area contributed by atoms with Crippen LogP contribution in [0.4, 0.5) is 5.82 Å². The first kappa shape index (κ1) is 16.0. The molecule has 0 aromatic carbocycles. The lowest BCUT2D eigenvalue weighted by Gasteiger charge is -2.34. The highest BCUT2D eigenvalue weighted by atomic mass is 35.5. The fourth-order valence-corrected chi connectivity index (χ4v) is 2.61. The minimum Gasteiger partial charge on any atom is -0.369 e. The zero-order valence-corrected chi connectivity index (χ0v) is 13.5. The summed E-state index contributed by atoms with van der Waals surface area (Å²) in [6.45, 7) is 9.46. The Labute approximate surface area is 131 Å². The van der Waals surface area contributed by atoms with Gasteiger partial charge in [-0.25, -0.2) is 4.98 Å². The molecule has 0 spiro atoms. The number of likely N-dealkylation sites (N-methyl/N-ethyl adjacent to an activating group) is 1. The van der Waals surface area contributed by atoms with E-state index in [0.717, 1.165) is 45.7 Å². The van der Waals surface area contributed by atoms with E-state index in [1.54, 1.807) is 12.3 Å². The highest BCUT2D eigenvalue weighted by Crippen LogP contribution is 2.21. The highest BCUT2D eigenvalue weighted by Gasteiger charge is 2.22. The van der Waals surface area contributed by atoms with Gasteiger partial charge in [-0.1, -0.05) is 25.4 Å². The molecule has 6 heteroatoms. The summed E-state index contributed by atoms with van der Waals surface area (Å²) in [4.78, 5) is 20.9. The molecule has 1 aromatic heterocycles. The molecule has 1 aromatic rings. The molecule has 0 unspecified atom stereocenters. The van der Waals surface area contributed by atoms with Gasteiger partial charge in [0.25, 0.3) is 5.91 Å². The Morgan fingerprint density at radius 2 is 2.05 bits per heavy atom. The van der Waals surface area contributed by atoms with E-state index in [2.05, 4.69) is 29.0 Å². The van der Waals surface area contributed by atoms with Crippen LogP contribution in [0, 0.1) is 0 Å². The molecule has 21 heavy (non-hydrogen) atoms. The van der Waals surface area contributed by atoms with Gasteiger partial charge in [0.1, 0.15) is 5.82 Å². The Hall–Kier alpha value is -1.33. The molecule has 1 fully saturated rings. The summed E-state index contributed by atoms with van der Waals surface area (Å²) in [5.74, 6) is 0.660. The van der Waals surface area contributed by atoms with E-state index in [4.69, 9.17) is 11.6 Å². The maximum atomic E-state index is 12.5. The number of hydrogen-bond acceptors (Lipinski definition) is 4. The quantitative estimate of drug-likeness (QED) is 0.907. The predicted molar refractivity (Wildman–Crippen MR) is 86.0 cm³/mol. The standard InChI is InChI=1S/C15H23ClN4O/c1-3-5-17-14-13(16)10-12(11-18-14)15(21)20-8-6-19(4-2)7-9-20/h10-11H,3-9H2,1-2H3,(H,17,18). The molecule has 1 aliphatic heterocycles. The minimum atomic E-state index is 0.0159. The van der Waals surface area contributed by atoms with Gasteiger partial charge in [-0.15, -0.1) is 0 Å². The van der Waals surface area contributed by atoms with E-state index in [1.807, 2.05) is 4.90 Å². The molecular formula is C15H23ClN4O. The average Bonchev–Trinajstić information content (AvgIpc) is 2.53. The van der Waals surface area contributed by atoms with Crippen LogP contribution in [0.2, 0.25) is 5.02 Å². The number of anilines is 1. The van der Waals surface area contributed by atoms with E-state index in [9.17, 15) is 4.79 Å². The molecule has 0 saturated carbocycles. The van der Waals surface area contributed by atoms with Gasteiger partial charge in [-0.3, -0.25) is 4.79 Å². The minimum absolute atomic E-state index is 0.0159. The van der Waals surface area contributed by atoms with Crippen molar-refractivity contribution in [2.24, 2.45) is 0 Å². The molecule has 116 valence electrons. The molecular weight excluding hydrogens is 288 g/mol. The van der Waals surface area contributed by atoms with Crippen molar-refractivity contribution in [1.29, 1.82) is 0 Å². The third-order valence-electron chi connectivity index (χ3n) is 3.74. The van der Waals surface area contributed by atoms with Gasteiger partial charge >= 0.3 is 0 Å². The first-order valence-electron chi connectivity index (χ1n) is 7.56. The van der Waals surface area contributed by atoms with Gasteiger partial charge in [-0.05, 0) is 19.0 Å². The van der Waals surface area contributed by atoms with E-state index >= 15 is 0 Å². The van der Waals surface area contributed by atoms with E-state index in [-0.39, 0.29) is 5.91 Å². The van der Waals surface area contributed by atoms with Crippen LogP contribution in [0.15, 0.2) is 12.3 Å². The Kier molecular flexibility index (Phi) is 5.82. The lowest BCUT2D eigenvalue weighted by atomic mass is 10.2. The molecule has 0 atom stereocenters. The first-order chi connectivity index (χ1) is 10.2. The van der Waals surface area contributed by atoms with Crippen molar-refractivity contribution in [3.8, 4) is 0 Å². The second-order valence-electron chi connectivity index (χ2n) is 5.21. The molecule has 5 nitrogen and oxygen atoms in total. The van der Waals surface area contributed by atoms with Gasteiger partial charge in [0, 0.05) is 38.9 Å². The zero-order valence-electron chi connectivity index (χ0n) is 12.7. The number of amides is 1. The van der Waals surface area contributed by atoms with Crippen LogP contribution in [0.3, 0.4) is 0 Å². The fraction of sp³-hybridized carbons (Fsp3) is 0.600. The van der Waals surface area contributed by atoms with Crippen LogP contribution in [-0.4, -0.2) is 60.0 Å². The molecule has 1 aliphatic rings. The highest BCUT2D eigenvalue weighted by molar-refractivity contribution is 6.33. The summed E-state index contributed by atoms with van der Waals surface area (Å²) in [7, 11) is 0. The van der Waals surface area contributed by atoms with Gasteiger partial charge in [-0.2, -0.15) is 0 Å². The van der Waals surface area contributed by atoms with Crippen molar-refractivity contribution in [3.63, 3.8) is 0 Å². The van der Waals surface area contributed by atoms with Crippen molar-refractivity contribution in [3.05, 3.63) is 22.8 Å². The second-order valence-corrected chi connectivity index (χ2v) is 5.61. The topological polar surface area (TPSA) is 48.5 Å². The monoisotopic (exact) mass is 310 g/mol. The van der Waals surface area contributed by atoms with Gasteiger partial charge in [0.15, 0.2) is 0 Å². The number of halogens is 1. The molecule has 2 rings (SSSR count). The number of nitrogens with one attached hydrogen (secondary N) is 1. The number of carbonyl (C=O) groups excluding carboxylic acids is 1. The fourth-order valence-electron chi connectivity index (χ4n) is 2.38. The molecule has 0 bridgehead atoms. The van der Waals surface area contributed by atoms with Crippen LogP contribution >= 0.6 is 11.6 Å². The summed E-state index contributed by atoms with van der Waals surface area (Å²) in [5.41, 5.74) is 0.562. The Morgan fingerprint density at radius 1 is 1.33 bits per heavy atom. The number of aromatic nitrogens is 1. The predicted octanol–water partition coefficient (Wildman–Crippen LogP) is 2.33. The summed E-state index contributed by atoms with van der Waals surface area (Å²) in [6, 6.07) is 1.71. The average molecular weight is 311 g/mol. The van der Waals surface area contributed by atoms with Crippen molar-refractivity contribution in [1.82, 2.24) is 14.8 Å². The number of pyridine rings is 1. The summed E-state index contributed by atoms with van der Waals surface area (Å²) >= 11 is 6.19. The van der Waals surface area contributed by atoms with Crippen molar-refractivity contribution >= 4 is 23.3 Å². The number of piperazine rings is 1. The van der Waals surface area contributed by atoms with Gasteiger partial charge in [0.2, 0.25) is 0 Å². The SMILES string of the molecule is CCCNc1ncc(C(=O)N2CCN(CC)CC2)cc1Cl. The van der Waals surface area contributed by atoms with Crippen molar-refractivity contribution < 1.29 is 4.79 Å². The Bertz CT molecular complexity index is 487. The second kappa shape index (κ2) is 7.61. The molecule has 0 aliphatic carbocycles. The molecule has 2 heterocycles. The molecule has 0 radical (unpaired) electrons. The summed E-state index contributed by atoms with van der Waals surface area (Å²) < 4.78 is 0. The smallest absolute Gasteiger partial charge is 0.255 e. The number of carbonyl (C=O) groups is 1. The van der Waals surface area contributed by atoms with Crippen LogP contribution in [0.1, 0.15) is 30.6 Å². The lowest BCUT2D eigenvalue weighted by Crippen LogP contribution is -2.48. The van der Waals surface area contributed by atoms with Crippen LogP contribution in [0.25, 0.3) is 0 Å². The van der Waals surface area contributed by atoms with Gasteiger partial charge < -0.3 is 15.1 Å². The van der Waals surface area contributed by atoms with E-state index in [1.165, 1.54) is 0 Å². The number of nitrogens with zero attached hydrogens (tertiary/aromatic N) is 3. The lowest BCUT2D eigenvalue weighted by molar-refractivity contribution is 0.0643. The third-order valence-corrected chi connectivity index (χ3v) is 4.03. The van der Waals surface area contributed by atoms with Gasteiger partial charge in [0.05, 0.1) is 10.6 Å². The molecule has 1 amide bonds. The Balaban J connectivity index is 2.01. The summed E-state index contributed by atoms with van der Waals surface area (Å²) in [6.07, 6.45) is 2.61. The third kappa shape index (κ3) is 4.08. The van der Waals surface area contributed by atoms with E-state index < -0.39 is 0 Å². The van der Waals surface area contributed by atoms with E-state index in [0.29, 0.717) is 16.4 Å². The molecule has 1 saturated heterocycles. The van der Waals surface area contributed by atoms with Crippen molar-refractivity contribution in [2.45, 2.75) is 20.3 Å². The van der Waals surface area contributed by atoms with Crippen molar-refractivity contribution in [2.75, 3.05) is 44.6 Å². The maximum absolute atomic E-state index is 12.5. The van der Waals surface area contributed by atoms with Crippen LogP contribution in [0.5, 0.6) is 0 Å². The zero-order chi connectivity index (χ0) is 15.2. The van der Waals surface area contributed by atoms with Crippen LogP contribution in [-0.2, 0) is 0 Å². The van der Waals surface area contributed by atoms with Crippen LogP contribution < -0.4 is 5.32 Å².